The van der Waals surface area contributed by atoms with Crippen LogP contribution in [-0.2, 0) is 0 Å². The first-order valence-electron chi connectivity index (χ1n) is 9.21. The maximum Gasteiger partial charge on any atom is 0.261 e. The average molecular weight is 403 g/mol. The molecule has 0 saturated heterocycles. The van der Waals surface area contributed by atoms with Crippen LogP contribution in [0.4, 0.5) is 0 Å². The van der Waals surface area contributed by atoms with Crippen LogP contribution in [0.3, 0.4) is 0 Å². The Bertz CT molecular complexity index is 743. The zero-order valence-corrected chi connectivity index (χ0v) is 17.2. The molecular weight excluding hydrogens is 376 g/mol. The number of rotatable bonds is 9. The lowest BCUT2D eigenvalue weighted by Crippen LogP contribution is -2.42. The van der Waals surface area contributed by atoms with E-state index in [9.17, 15) is 4.79 Å². The molecule has 1 aliphatic carbocycles. The third-order valence-corrected chi connectivity index (χ3v) is 6.73. The van der Waals surface area contributed by atoms with Gasteiger partial charge in [0.2, 0.25) is 0 Å². The summed E-state index contributed by atoms with van der Waals surface area (Å²) in [6.07, 6.45) is 3.30. The number of aliphatic imine (C=N–C) groups is 1. The molecule has 3 rings (SSSR count). The molecule has 0 radical (unpaired) electrons. The van der Waals surface area contributed by atoms with Gasteiger partial charge >= 0.3 is 0 Å². The van der Waals surface area contributed by atoms with E-state index in [-0.39, 0.29) is 10.7 Å². The molecule has 5 nitrogen and oxygen atoms in total. The van der Waals surface area contributed by atoms with Crippen LogP contribution in [-0.4, -0.2) is 43.3 Å². The predicted octanol–water partition coefficient (Wildman–Crippen LogP) is 3.36. The van der Waals surface area contributed by atoms with Crippen molar-refractivity contribution in [2.75, 3.05) is 26.7 Å². The van der Waals surface area contributed by atoms with Gasteiger partial charge in [-0.05, 0) is 42.8 Å². The number of nitrogens with one attached hydrogen (secondary N) is 3. The van der Waals surface area contributed by atoms with Crippen molar-refractivity contribution >= 4 is 35.0 Å². The van der Waals surface area contributed by atoms with Gasteiger partial charge in [0.05, 0.1) is 4.88 Å². The van der Waals surface area contributed by atoms with Crippen LogP contribution in [0, 0.1) is 0 Å². The molecule has 0 bridgehead atoms. The highest BCUT2D eigenvalue weighted by Gasteiger charge is 2.43. The summed E-state index contributed by atoms with van der Waals surface area (Å²) in [5.41, 5.74) is 0. The molecule has 1 fully saturated rings. The zero-order valence-electron chi connectivity index (χ0n) is 15.5. The van der Waals surface area contributed by atoms with Gasteiger partial charge in [-0.3, -0.25) is 9.79 Å². The maximum atomic E-state index is 11.9. The van der Waals surface area contributed by atoms with Gasteiger partial charge in [-0.1, -0.05) is 24.3 Å². The number of nitrogens with zero attached hydrogens (tertiary/aromatic N) is 1. The van der Waals surface area contributed by atoms with Crippen molar-refractivity contribution in [3.8, 4) is 0 Å². The van der Waals surface area contributed by atoms with Crippen LogP contribution in [0.25, 0.3) is 0 Å². The minimum Gasteiger partial charge on any atom is -0.356 e. The molecule has 0 unspecified atom stereocenters. The van der Waals surface area contributed by atoms with Crippen molar-refractivity contribution in [3.05, 3.63) is 52.7 Å². The number of amides is 1. The second-order valence-electron chi connectivity index (χ2n) is 6.54. The second kappa shape index (κ2) is 9.80. The Morgan fingerprint density at radius 2 is 1.89 bits per heavy atom. The summed E-state index contributed by atoms with van der Waals surface area (Å²) in [7, 11) is 1.79. The fourth-order valence-corrected chi connectivity index (χ4v) is 4.53. The number of thioether (sulfide) groups is 1. The highest BCUT2D eigenvalue weighted by molar-refractivity contribution is 8.01. The molecule has 1 amide bonds. The molecule has 0 aliphatic heterocycles. The van der Waals surface area contributed by atoms with Crippen LogP contribution in [0.15, 0.2) is 57.7 Å². The minimum atomic E-state index is 0.00104. The first-order valence-corrected chi connectivity index (χ1v) is 10.9. The Morgan fingerprint density at radius 1 is 1.11 bits per heavy atom. The van der Waals surface area contributed by atoms with Crippen molar-refractivity contribution in [2.45, 2.75) is 28.9 Å². The maximum absolute atomic E-state index is 11.9. The molecule has 144 valence electrons. The molecular formula is C20H26N4OS2. The van der Waals surface area contributed by atoms with Crippen molar-refractivity contribution < 1.29 is 4.79 Å². The fraction of sp³-hybridized carbons (Fsp3) is 0.400. The third-order valence-electron chi connectivity index (χ3n) is 4.36. The molecule has 7 heteroatoms. The van der Waals surface area contributed by atoms with Gasteiger partial charge in [-0.25, -0.2) is 0 Å². The average Bonchev–Trinajstić information content (AvgIpc) is 3.22. The molecule has 1 saturated carbocycles. The number of benzene rings is 1. The molecule has 1 heterocycles. The van der Waals surface area contributed by atoms with Gasteiger partial charge in [0.15, 0.2) is 5.96 Å². The Labute approximate surface area is 169 Å². The normalized spacial score (nSPS) is 15.2. The van der Waals surface area contributed by atoms with E-state index in [0.29, 0.717) is 6.54 Å². The van der Waals surface area contributed by atoms with E-state index in [1.807, 2.05) is 29.3 Å². The Kier molecular flexibility index (Phi) is 7.18. The van der Waals surface area contributed by atoms with Gasteiger partial charge in [0, 0.05) is 36.3 Å². The monoisotopic (exact) mass is 402 g/mol. The molecule has 1 aliphatic rings. The van der Waals surface area contributed by atoms with E-state index < -0.39 is 0 Å². The molecule has 1 aromatic carbocycles. The summed E-state index contributed by atoms with van der Waals surface area (Å²) < 4.78 is 0.285. The highest BCUT2D eigenvalue weighted by atomic mass is 32.2. The van der Waals surface area contributed by atoms with Crippen LogP contribution in [0.2, 0.25) is 0 Å². The summed E-state index contributed by atoms with van der Waals surface area (Å²) in [6, 6.07) is 14.3. The molecule has 27 heavy (non-hydrogen) atoms. The summed E-state index contributed by atoms with van der Waals surface area (Å²) in [4.78, 5) is 18.2. The largest absolute Gasteiger partial charge is 0.356 e. The van der Waals surface area contributed by atoms with Crippen molar-refractivity contribution in [2.24, 2.45) is 4.99 Å². The van der Waals surface area contributed by atoms with Crippen LogP contribution < -0.4 is 16.0 Å². The van der Waals surface area contributed by atoms with Crippen molar-refractivity contribution in [1.29, 1.82) is 0 Å². The standard InChI is InChI=1S/C20H26N4OS2/c1-21-19(23-13-6-12-22-18(25)17-9-5-14-26-17)24-15-20(10-11-20)27-16-7-3-2-4-8-16/h2-5,7-9,14H,6,10-13,15H2,1H3,(H,22,25)(H2,21,23,24). The van der Waals surface area contributed by atoms with E-state index in [4.69, 9.17) is 0 Å². The fourth-order valence-electron chi connectivity index (χ4n) is 2.65. The topological polar surface area (TPSA) is 65.5 Å². The Morgan fingerprint density at radius 3 is 2.56 bits per heavy atom. The van der Waals surface area contributed by atoms with Gasteiger partial charge in [-0.2, -0.15) is 0 Å². The number of hydrogen-bond donors (Lipinski definition) is 3. The van der Waals surface area contributed by atoms with E-state index in [2.05, 4.69) is 51.3 Å². The number of thiophene rings is 1. The molecule has 1 aromatic heterocycles. The summed E-state index contributed by atoms with van der Waals surface area (Å²) >= 11 is 3.41. The number of hydrogen-bond acceptors (Lipinski definition) is 4. The highest BCUT2D eigenvalue weighted by Crippen LogP contribution is 2.51. The molecule has 3 N–H and O–H groups in total. The summed E-state index contributed by atoms with van der Waals surface area (Å²) in [5.74, 6) is 0.820. The van der Waals surface area contributed by atoms with E-state index in [0.717, 1.165) is 30.3 Å². The first kappa shape index (κ1) is 19.8. The first-order chi connectivity index (χ1) is 13.2. The Hall–Kier alpha value is -1.99. The lowest BCUT2D eigenvalue weighted by atomic mass is 10.4. The molecule has 0 spiro atoms. The van der Waals surface area contributed by atoms with Crippen molar-refractivity contribution in [1.82, 2.24) is 16.0 Å². The van der Waals surface area contributed by atoms with Gasteiger partial charge in [-0.15, -0.1) is 23.1 Å². The molecule has 0 atom stereocenters. The van der Waals surface area contributed by atoms with E-state index >= 15 is 0 Å². The predicted molar refractivity (Wildman–Crippen MR) is 115 cm³/mol. The lowest BCUT2D eigenvalue weighted by molar-refractivity contribution is 0.0957. The molecule has 2 aromatic rings. The van der Waals surface area contributed by atoms with Crippen molar-refractivity contribution in [3.63, 3.8) is 0 Å². The van der Waals surface area contributed by atoms with Crippen LogP contribution in [0.5, 0.6) is 0 Å². The lowest BCUT2D eigenvalue weighted by Gasteiger charge is -2.18. The van der Waals surface area contributed by atoms with Crippen LogP contribution >= 0.6 is 23.1 Å². The van der Waals surface area contributed by atoms with Gasteiger partial charge < -0.3 is 16.0 Å². The second-order valence-corrected chi connectivity index (χ2v) is 9.03. The number of carbonyl (C=O) groups is 1. The smallest absolute Gasteiger partial charge is 0.261 e. The van der Waals surface area contributed by atoms with E-state index in [1.54, 1.807) is 7.05 Å². The minimum absolute atomic E-state index is 0.00104. The van der Waals surface area contributed by atoms with Gasteiger partial charge in [0.1, 0.15) is 0 Å². The van der Waals surface area contributed by atoms with E-state index in [1.165, 1.54) is 29.1 Å². The number of guanidine groups is 1. The number of carbonyl (C=O) groups excluding carboxylic acids is 1. The quantitative estimate of drug-likeness (QED) is 0.342. The Balaban J connectivity index is 1.32. The SMILES string of the molecule is CN=C(NCCCNC(=O)c1cccs1)NCC1(Sc2ccccc2)CC1. The third kappa shape index (κ3) is 6.29. The summed E-state index contributed by atoms with van der Waals surface area (Å²) in [5, 5.41) is 11.6. The van der Waals surface area contributed by atoms with Gasteiger partial charge in [0.25, 0.3) is 5.91 Å². The summed E-state index contributed by atoms with van der Waals surface area (Å²) in [6.45, 7) is 2.32. The zero-order chi connectivity index (χ0) is 19.0. The van der Waals surface area contributed by atoms with Crippen LogP contribution in [0.1, 0.15) is 28.9 Å².